The molecule has 0 fully saturated rings. The molecule has 0 amide bonds. The second kappa shape index (κ2) is 7.33. The number of anilines is 1. The molecule has 0 saturated carbocycles. The van der Waals surface area contributed by atoms with Crippen molar-refractivity contribution in [2.24, 2.45) is 0 Å². The van der Waals surface area contributed by atoms with Gasteiger partial charge in [-0.15, -0.1) is 0 Å². The van der Waals surface area contributed by atoms with E-state index in [0.29, 0.717) is 17.7 Å². The van der Waals surface area contributed by atoms with Gasteiger partial charge in [0, 0.05) is 22.4 Å². The molecule has 3 aromatic carbocycles. The Morgan fingerprint density at radius 2 is 1.58 bits per heavy atom. The molecule has 0 saturated heterocycles. The summed E-state index contributed by atoms with van der Waals surface area (Å²) in [4.78, 5) is 0. The van der Waals surface area contributed by atoms with Crippen LogP contribution in [0.5, 0.6) is 5.75 Å². The fourth-order valence-corrected chi connectivity index (χ4v) is 4.08. The Kier molecular flexibility index (Phi) is 5.03. The summed E-state index contributed by atoms with van der Waals surface area (Å²) in [6, 6.07) is 8.30. The standard InChI is InChI=1S/C20H13F6NO3S/c21-14-9-16(23)15(22)8-13(14)18-6-5-10-7-17(27-31(28,29)20(24,25)26)11-3-1-2-4-12(11)19(10)30-18/h1-4,7-9,18,27H,5-6H2. The maximum absolute atomic E-state index is 14.2. The smallest absolute Gasteiger partial charge is 0.485 e. The van der Waals surface area contributed by atoms with E-state index < -0.39 is 39.1 Å². The van der Waals surface area contributed by atoms with Crippen LogP contribution in [0.3, 0.4) is 0 Å². The number of alkyl halides is 3. The van der Waals surface area contributed by atoms with Crippen LogP contribution in [-0.4, -0.2) is 13.9 Å². The van der Waals surface area contributed by atoms with E-state index in [9.17, 15) is 34.8 Å². The molecule has 0 radical (unpaired) electrons. The van der Waals surface area contributed by atoms with Gasteiger partial charge in [-0.2, -0.15) is 21.6 Å². The fraction of sp³-hybridized carbons (Fsp3) is 0.200. The minimum atomic E-state index is -5.65. The molecule has 1 unspecified atom stereocenters. The SMILES string of the molecule is O=S(=O)(Nc1cc2c(c3ccccc13)OC(c1cc(F)c(F)cc1F)CC2)C(F)(F)F. The second-order valence-corrected chi connectivity index (χ2v) is 8.62. The van der Waals surface area contributed by atoms with Gasteiger partial charge in [-0.05, 0) is 30.5 Å². The summed E-state index contributed by atoms with van der Waals surface area (Å²) in [5.41, 5.74) is -5.60. The van der Waals surface area contributed by atoms with Crippen molar-refractivity contribution in [3.8, 4) is 5.75 Å². The van der Waals surface area contributed by atoms with Crippen molar-refractivity contribution in [2.75, 3.05) is 4.72 Å². The number of sulfonamides is 1. The molecule has 11 heteroatoms. The first-order valence-electron chi connectivity index (χ1n) is 8.93. The maximum atomic E-state index is 14.2. The lowest BCUT2D eigenvalue weighted by Crippen LogP contribution is -2.30. The van der Waals surface area contributed by atoms with Crippen LogP contribution in [0.4, 0.5) is 32.0 Å². The van der Waals surface area contributed by atoms with Crippen LogP contribution in [0.1, 0.15) is 23.7 Å². The summed E-state index contributed by atoms with van der Waals surface area (Å²) >= 11 is 0. The molecule has 1 N–H and O–H groups in total. The van der Waals surface area contributed by atoms with E-state index in [4.69, 9.17) is 4.74 Å². The molecular weight excluding hydrogens is 448 g/mol. The molecule has 4 nitrogen and oxygen atoms in total. The Morgan fingerprint density at radius 3 is 2.26 bits per heavy atom. The quantitative estimate of drug-likeness (QED) is 0.409. The van der Waals surface area contributed by atoms with Gasteiger partial charge >= 0.3 is 15.5 Å². The Morgan fingerprint density at radius 1 is 0.935 bits per heavy atom. The van der Waals surface area contributed by atoms with Crippen LogP contribution < -0.4 is 9.46 Å². The van der Waals surface area contributed by atoms with E-state index in [1.807, 2.05) is 0 Å². The van der Waals surface area contributed by atoms with Gasteiger partial charge in [-0.1, -0.05) is 24.3 Å². The van der Waals surface area contributed by atoms with Crippen molar-refractivity contribution in [1.82, 2.24) is 0 Å². The van der Waals surface area contributed by atoms with Crippen molar-refractivity contribution < 1.29 is 39.5 Å². The fourth-order valence-electron chi connectivity index (χ4n) is 3.51. The number of benzene rings is 3. The second-order valence-electron chi connectivity index (χ2n) is 6.94. The Labute approximate surface area is 172 Å². The zero-order chi connectivity index (χ0) is 22.6. The third-order valence-electron chi connectivity index (χ3n) is 4.94. The first-order chi connectivity index (χ1) is 14.5. The van der Waals surface area contributed by atoms with Crippen LogP contribution >= 0.6 is 0 Å². The Balaban J connectivity index is 1.79. The summed E-state index contributed by atoms with van der Waals surface area (Å²) in [6.45, 7) is 0. The molecule has 0 spiro atoms. The van der Waals surface area contributed by atoms with Gasteiger partial charge in [-0.3, -0.25) is 4.72 Å². The van der Waals surface area contributed by atoms with Gasteiger partial charge in [0.05, 0.1) is 5.69 Å². The highest BCUT2D eigenvalue weighted by Crippen LogP contribution is 2.44. The van der Waals surface area contributed by atoms with Crippen molar-refractivity contribution in [3.05, 3.63) is 71.0 Å². The number of nitrogens with one attached hydrogen (secondary N) is 1. The summed E-state index contributed by atoms with van der Waals surface area (Å²) in [6.07, 6.45) is -0.688. The summed E-state index contributed by atoms with van der Waals surface area (Å²) < 4.78 is 110. The van der Waals surface area contributed by atoms with Crippen molar-refractivity contribution >= 4 is 26.5 Å². The third kappa shape index (κ3) is 3.78. The molecule has 1 aliphatic rings. The first kappa shape index (κ1) is 21.3. The summed E-state index contributed by atoms with van der Waals surface area (Å²) in [5.74, 6) is -3.38. The van der Waals surface area contributed by atoms with Gasteiger partial charge in [-0.25, -0.2) is 13.2 Å². The van der Waals surface area contributed by atoms with Gasteiger partial charge in [0.2, 0.25) is 0 Å². The van der Waals surface area contributed by atoms with Crippen LogP contribution in [-0.2, 0) is 16.4 Å². The van der Waals surface area contributed by atoms with E-state index in [0.717, 1.165) is 0 Å². The number of hydrogen-bond donors (Lipinski definition) is 1. The van der Waals surface area contributed by atoms with Crippen LogP contribution in [0.25, 0.3) is 10.8 Å². The van der Waals surface area contributed by atoms with Crippen LogP contribution in [0.2, 0.25) is 0 Å². The zero-order valence-electron chi connectivity index (χ0n) is 15.4. The number of hydrogen-bond acceptors (Lipinski definition) is 3. The van der Waals surface area contributed by atoms with Gasteiger partial charge in [0.1, 0.15) is 17.7 Å². The largest absolute Gasteiger partial charge is 0.516 e. The lowest BCUT2D eigenvalue weighted by atomic mass is 9.93. The van der Waals surface area contributed by atoms with E-state index in [1.165, 1.54) is 24.3 Å². The highest BCUT2D eigenvalue weighted by molar-refractivity contribution is 7.93. The summed E-state index contributed by atoms with van der Waals surface area (Å²) in [5, 5.41) is 0.410. The minimum Gasteiger partial charge on any atom is -0.485 e. The van der Waals surface area contributed by atoms with E-state index in [-0.39, 0.29) is 40.6 Å². The van der Waals surface area contributed by atoms with E-state index >= 15 is 0 Å². The molecule has 1 heterocycles. The van der Waals surface area contributed by atoms with Crippen molar-refractivity contribution in [2.45, 2.75) is 24.5 Å². The maximum Gasteiger partial charge on any atom is 0.516 e. The molecular formula is C20H13F6NO3S. The molecule has 1 atom stereocenters. The molecule has 164 valence electrons. The Bertz CT molecular complexity index is 1290. The number of aryl methyl sites for hydroxylation is 1. The predicted molar refractivity (Wildman–Crippen MR) is 101 cm³/mol. The number of fused-ring (bicyclic) bond motifs is 3. The zero-order valence-corrected chi connectivity index (χ0v) is 16.3. The van der Waals surface area contributed by atoms with Gasteiger partial charge in [0.25, 0.3) is 0 Å². The molecule has 0 aromatic heterocycles. The molecule has 1 aliphatic heterocycles. The molecule has 31 heavy (non-hydrogen) atoms. The van der Waals surface area contributed by atoms with Gasteiger partial charge in [0.15, 0.2) is 11.6 Å². The third-order valence-corrected chi connectivity index (χ3v) is 6.04. The lowest BCUT2D eigenvalue weighted by Gasteiger charge is -2.29. The normalized spacial score (nSPS) is 16.6. The molecule has 4 rings (SSSR count). The monoisotopic (exact) mass is 461 g/mol. The number of halogens is 6. The highest BCUT2D eigenvalue weighted by Gasteiger charge is 2.46. The predicted octanol–water partition coefficient (Wildman–Crippen LogP) is 5.58. The Hall–Kier alpha value is -2.95. The van der Waals surface area contributed by atoms with Crippen LogP contribution in [0.15, 0.2) is 42.5 Å². The average Bonchev–Trinajstić information content (AvgIpc) is 2.69. The number of rotatable bonds is 3. The molecule has 0 aliphatic carbocycles. The minimum absolute atomic E-state index is 0.110. The average molecular weight is 461 g/mol. The van der Waals surface area contributed by atoms with E-state index in [2.05, 4.69) is 0 Å². The molecule has 0 bridgehead atoms. The first-order valence-corrected chi connectivity index (χ1v) is 10.4. The molecule has 3 aromatic rings. The topological polar surface area (TPSA) is 55.4 Å². The highest BCUT2D eigenvalue weighted by atomic mass is 32.2. The lowest BCUT2D eigenvalue weighted by molar-refractivity contribution is -0.0429. The van der Waals surface area contributed by atoms with E-state index in [1.54, 1.807) is 10.8 Å². The van der Waals surface area contributed by atoms with Crippen molar-refractivity contribution in [3.63, 3.8) is 0 Å². The number of ether oxygens (including phenoxy) is 1. The van der Waals surface area contributed by atoms with Gasteiger partial charge < -0.3 is 4.74 Å². The van der Waals surface area contributed by atoms with Crippen LogP contribution in [0, 0.1) is 17.5 Å². The van der Waals surface area contributed by atoms with Crippen molar-refractivity contribution in [1.29, 1.82) is 0 Å². The summed E-state index contributed by atoms with van der Waals surface area (Å²) in [7, 11) is -5.65.